The van der Waals surface area contributed by atoms with Crippen LogP contribution in [0.3, 0.4) is 0 Å². The van der Waals surface area contributed by atoms with Crippen molar-refractivity contribution in [2.45, 2.75) is 19.4 Å². The third kappa shape index (κ3) is 2.99. The summed E-state index contributed by atoms with van der Waals surface area (Å²) in [4.78, 5) is 10.8. The highest BCUT2D eigenvalue weighted by Gasteiger charge is 2.13. The number of nitrogens with zero attached hydrogens (tertiary/aromatic N) is 1. The van der Waals surface area contributed by atoms with Crippen molar-refractivity contribution in [3.05, 3.63) is 29.8 Å². The van der Waals surface area contributed by atoms with Crippen LogP contribution in [0.2, 0.25) is 0 Å². The Balaban J connectivity index is 2.80. The van der Waals surface area contributed by atoms with Crippen LogP contribution in [0.1, 0.15) is 18.9 Å². The zero-order chi connectivity index (χ0) is 11.3. The van der Waals surface area contributed by atoms with E-state index in [0.29, 0.717) is 17.7 Å². The van der Waals surface area contributed by atoms with Gasteiger partial charge in [0.05, 0.1) is 11.6 Å². The molecule has 0 fully saturated rings. The fourth-order valence-electron chi connectivity index (χ4n) is 1.22. The number of benzene rings is 1. The highest BCUT2D eigenvalue weighted by Crippen LogP contribution is 2.12. The maximum Gasteiger partial charge on any atom is 0.326 e. The molecule has 2 N–H and O–H groups in total. The zero-order valence-corrected chi connectivity index (χ0v) is 8.40. The summed E-state index contributed by atoms with van der Waals surface area (Å²) in [6.45, 7) is 1.79. The molecular weight excluding hydrogens is 192 g/mol. The molecule has 1 aromatic rings. The van der Waals surface area contributed by atoms with Crippen molar-refractivity contribution in [1.82, 2.24) is 0 Å². The molecule has 0 aliphatic carbocycles. The predicted molar refractivity (Wildman–Crippen MR) is 56.5 cm³/mol. The van der Waals surface area contributed by atoms with Crippen LogP contribution in [-0.4, -0.2) is 17.1 Å². The molecular formula is C11H12N2O2. The zero-order valence-electron chi connectivity index (χ0n) is 8.40. The van der Waals surface area contributed by atoms with E-state index < -0.39 is 12.0 Å². The van der Waals surface area contributed by atoms with E-state index in [1.807, 2.05) is 6.07 Å². The molecule has 0 aliphatic heterocycles. The van der Waals surface area contributed by atoms with Gasteiger partial charge in [0.2, 0.25) is 0 Å². The Labute approximate surface area is 88.2 Å². The largest absolute Gasteiger partial charge is 0.480 e. The fourth-order valence-corrected chi connectivity index (χ4v) is 1.22. The first-order chi connectivity index (χ1) is 7.17. The molecule has 0 spiro atoms. The van der Waals surface area contributed by atoms with E-state index >= 15 is 0 Å². The smallest absolute Gasteiger partial charge is 0.326 e. The average Bonchev–Trinajstić information content (AvgIpc) is 2.25. The van der Waals surface area contributed by atoms with E-state index in [2.05, 4.69) is 5.32 Å². The third-order valence-corrected chi connectivity index (χ3v) is 2.04. The van der Waals surface area contributed by atoms with Crippen LogP contribution in [-0.2, 0) is 4.79 Å². The van der Waals surface area contributed by atoms with Crippen molar-refractivity contribution in [1.29, 1.82) is 5.26 Å². The number of carbonyl (C=O) groups is 1. The van der Waals surface area contributed by atoms with Crippen LogP contribution in [0.15, 0.2) is 24.3 Å². The molecule has 4 heteroatoms. The second-order valence-electron chi connectivity index (χ2n) is 3.14. The maximum absolute atomic E-state index is 10.8. The molecule has 1 atom stereocenters. The molecule has 0 heterocycles. The number of nitrogens with one attached hydrogen (secondary N) is 1. The first-order valence-electron chi connectivity index (χ1n) is 4.67. The van der Waals surface area contributed by atoms with Crippen molar-refractivity contribution in [3.63, 3.8) is 0 Å². The van der Waals surface area contributed by atoms with Gasteiger partial charge in [0.15, 0.2) is 0 Å². The lowest BCUT2D eigenvalue weighted by Gasteiger charge is -2.13. The summed E-state index contributed by atoms with van der Waals surface area (Å²) in [7, 11) is 0. The molecule has 4 nitrogen and oxygen atoms in total. The van der Waals surface area contributed by atoms with E-state index in [0.717, 1.165) is 0 Å². The standard InChI is InChI=1S/C11H12N2O2/c1-2-10(11(14)15)13-9-5-3-4-8(6-9)7-12/h3-6,10,13H,2H2,1H3,(H,14,15). The Hall–Kier alpha value is -2.02. The normalized spacial score (nSPS) is 11.5. The molecule has 1 aromatic carbocycles. The average molecular weight is 204 g/mol. The molecule has 0 aromatic heterocycles. The van der Waals surface area contributed by atoms with Gasteiger partial charge in [-0.1, -0.05) is 13.0 Å². The van der Waals surface area contributed by atoms with Crippen LogP contribution >= 0.6 is 0 Å². The summed E-state index contributed by atoms with van der Waals surface area (Å²) in [5.74, 6) is -0.889. The number of nitriles is 1. The number of hydrogen-bond acceptors (Lipinski definition) is 3. The Morgan fingerprint density at radius 1 is 1.67 bits per heavy atom. The topological polar surface area (TPSA) is 73.1 Å². The number of aliphatic carboxylic acids is 1. The molecule has 0 radical (unpaired) electrons. The summed E-state index contributed by atoms with van der Waals surface area (Å²) < 4.78 is 0. The highest BCUT2D eigenvalue weighted by atomic mass is 16.4. The predicted octanol–water partition coefficient (Wildman–Crippen LogP) is 1.83. The van der Waals surface area contributed by atoms with Gasteiger partial charge in [-0.25, -0.2) is 4.79 Å². The number of hydrogen-bond donors (Lipinski definition) is 2. The van der Waals surface area contributed by atoms with Gasteiger partial charge in [-0.2, -0.15) is 5.26 Å². The van der Waals surface area contributed by atoms with Gasteiger partial charge < -0.3 is 10.4 Å². The van der Waals surface area contributed by atoms with Gasteiger partial charge in [0.1, 0.15) is 6.04 Å². The molecule has 0 saturated carbocycles. The van der Waals surface area contributed by atoms with E-state index in [9.17, 15) is 4.79 Å². The molecule has 1 rings (SSSR count). The van der Waals surface area contributed by atoms with Gasteiger partial charge in [-0.15, -0.1) is 0 Å². The van der Waals surface area contributed by atoms with Crippen LogP contribution in [0.5, 0.6) is 0 Å². The molecule has 0 saturated heterocycles. The highest BCUT2D eigenvalue weighted by molar-refractivity contribution is 5.77. The lowest BCUT2D eigenvalue weighted by Crippen LogP contribution is -2.28. The Kier molecular flexibility index (Phi) is 3.69. The fraction of sp³-hybridized carbons (Fsp3) is 0.273. The minimum absolute atomic E-state index is 0.492. The minimum atomic E-state index is -0.889. The van der Waals surface area contributed by atoms with E-state index in [1.165, 1.54) is 0 Å². The number of carboxylic acid groups (broad SMARTS) is 1. The molecule has 0 aliphatic rings. The van der Waals surface area contributed by atoms with Crippen molar-refractivity contribution >= 4 is 11.7 Å². The molecule has 0 bridgehead atoms. The van der Waals surface area contributed by atoms with Crippen molar-refractivity contribution in [3.8, 4) is 6.07 Å². The number of carboxylic acids is 1. The second kappa shape index (κ2) is 5.01. The SMILES string of the molecule is CCC(Nc1cccc(C#N)c1)C(=O)O. The third-order valence-electron chi connectivity index (χ3n) is 2.04. The Bertz CT molecular complexity index is 396. The minimum Gasteiger partial charge on any atom is -0.480 e. The summed E-state index contributed by atoms with van der Waals surface area (Å²) in [5, 5.41) is 20.4. The second-order valence-corrected chi connectivity index (χ2v) is 3.14. The van der Waals surface area contributed by atoms with Crippen molar-refractivity contribution in [2.24, 2.45) is 0 Å². The summed E-state index contributed by atoms with van der Waals surface area (Å²) in [6, 6.07) is 8.15. The van der Waals surface area contributed by atoms with Gasteiger partial charge in [-0.05, 0) is 24.6 Å². The van der Waals surface area contributed by atoms with E-state index in [1.54, 1.807) is 31.2 Å². The molecule has 0 amide bonds. The maximum atomic E-state index is 10.8. The Morgan fingerprint density at radius 3 is 2.93 bits per heavy atom. The monoisotopic (exact) mass is 204 g/mol. The quantitative estimate of drug-likeness (QED) is 0.784. The summed E-state index contributed by atoms with van der Waals surface area (Å²) in [5.41, 5.74) is 1.17. The first-order valence-corrected chi connectivity index (χ1v) is 4.67. The van der Waals surface area contributed by atoms with Crippen LogP contribution in [0.4, 0.5) is 5.69 Å². The van der Waals surface area contributed by atoms with Crippen molar-refractivity contribution in [2.75, 3.05) is 5.32 Å². The number of anilines is 1. The van der Waals surface area contributed by atoms with Gasteiger partial charge in [-0.3, -0.25) is 0 Å². The van der Waals surface area contributed by atoms with E-state index in [-0.39, 0.29) is 0 Å². The molecule has 15 heavy (non-hydrogen) atoms. The summed E-state index contributed by atoms with van der Waals surface area (Å²) in [6.07, 6.45) is 0.492. The van der Waals surface area contributed by atoms with Crippen LogP contribution in [0.25, 0.3) is 0 Å². The Morgan fingerprint density at radius 2 is 2.40 bits per heavy atom. The van der Waals surface area contributed by atoms with Crippen LogP contribution in [0, 0.1) is 11.3 Å². The van der Waals surface area contributed by atoms with Crippen molar-refractivity contribution < 1.29 is 9.90 Å². The van der Waals surface area contributed by atoms with Crippen LogP contribution < -0.4 is 5.32 Å². The van der Waals surface area contributed by atoms with Gasteiger partial charge in [0.25, 0.3) is 0 Å². The first kappa shape index (κ1) is 11.1. The molecule has 1 unspecified atom stereocenters. The van der Waals surface area contributed by atoms with E-state index in [4.69, 9.17) is 10.4 Å². The lowest BCUT2D eigenvalue weighted by atomic mass is 10.2. The summed E-state index contributed by atoms with van der Waals surface area (Å²) >= 11 is 0. The van der Waals surface area contributed by atoms with Gasteiger partial charge >= 0.3 is 5.97 Å². The number of rotatable bonds is 4. The van der Waals surface area contributed by atoms with Gasteiger partial charge in [0, 0.05) is 5.69 Å². The lowest BCUT2D eigenvalue weighted by molar-refractivity contribution is -0.137. The molecule has 78 valence electrons.